The number of aromatic nitrogens is 4. The maximum atomic E-state index is 3.99. The lowest BCUT2D eigenvalue weighted by atomic mass is 10.00. The van der Waals surface area contributed by atoms with Gasteiger partial charge in [0, 0.05) is 20.1 Å². The van der Waals surface area contributed by atoms with Crippen LogP contribution in [0.5, 0.6) is 0 Å². The molecule has 0 saturated carbocycles. The van der Waals surface area contributed by atoms with Gasteiger partial charge in [-0.3, -0.25) is 0 Å². The number of tetrazole rings is 1. The summed E-state index contributed by atoms with van der Waals surface area (Å²) in [5.74, 6) is 1.74. The van der Waals surface area contributed by atoms with Gasteiger partial charge in [0.2, 0.25) is 5.95 Å². The number of nitrogens with zero attached hydrogens (tertiary/aromatic N) is 5. The largest absolute Gasteiger partial charge is 0.340 e. The highest BCUT2D eigenvalue weighted by molar-refractivity contribution is 5.27. The highest BCUT2D eigenvalue weighted by Gasteiger charge is 2.19. The van der Waals surface area contributed by atoms with E-state index >= 15 is 0 Å². The van der Waals surface area contributed by atoms with Gasteiger partial charge in [-0.2, -0.15) is 0 Å². The van der Waals surface area contributed by atoms with Crippen LogP contribution in [0.4, 0.5) is 5.95 Å². The predicted molar refractivity (Wildman–Crippen MR) is 49.4 cm³/mol. The van der Waals surface area contributed by atoms with Crippen LogP contribution in [0.1, 0.15) is 19.8 Å². The zero-order valence-electron chi connectivity index (χ0n) is 8.14. The van der Waals surface area contributed by atoms with Crippen LogP contribution >= 0.6 is 0 Å². The molecule has 1 saturated heterocycles. The molecule has 1 aliphatic heterocycles. The van der Waals surface area contributed by atoms with Gasteiger partial charge in [0.15, 0.2) is 0 Å². The Hall–Kier alpha value is -1.13. The fraction of sp³-hybridized carbons (Fsp3) is 0.875. The lowest BCUT2D eigenvalue weighted by Gasteiger charge is -2.29. The molecule has 0 amide bonds. The molecule has 1 fully saturated rings. The Morgan fingerprint density at radius 3 is 2.54 bits per heavy atom. The second kappa shape index (κ2) is 3.32. The molecule has 2 heterocycles. The fourth-order valence-corrected chi connectivity index (χ4v) is 1.70. The summed E-state index contributed by atoms with van der Waals surface area (Å²) in [6, 6.07) is 0. The summed E-state index contributed by atoms with van der Waals surface area (Å²) < 4.78 is 1.73. The van der Waals surface area contributed by atoms with Gasteiger partial charge >= 0.3 is 0 Å². The molecule has 0 radical (unpaired) electrons. The summed E-state index contributed by atoms with van der Waals surface area (Å²) in [7, 11) is 1.88. The Morgan fingerprint density at radius 2 is 2.00 bits per heavy atom. The van der Waals surface area contributed by atoms with E-state index in [1.54, 1.807) is 4.68 Å². The van der Waals surface area contributed by atoms with Gasteiger partial charge in [-0.15, -0.1) is 0 Å². The average molecular weight is 181 g/mol. The van der Waals surface area contributed by atoms with Crippen LogP contribution in [0.25, 0.3) is 0 Å². The Bertz CT molecular complexity index is 274. The summed E-state index contributed by atoms with van der Waals surface area (Å²) in [5, 5.41) is 11.5. The third kappa shape index (κ3) is 1.64. The van der Waals surface area contributed by atoms with Gasteiger partial charge in [-0.25, -0.2) is 4.68 Å². The topological polar surface area (TPSA) is 46.8 Å². The van der Waals surface area contributed by atoms with Crippen molar-refractivity contribution in [3.8, 4) is 0 Å². The zero-order valence-corrected chi connectivity index (χ0v) is 8.14. The number of anilines is 1. The minimum Gasteiger partial charge on any atom is -0.340 e. The van der Waals surface area contributed by atoms with E-state index in [1.165, 1.54) is 12.8 Å². The van der Waals surface area contributed by atoms with E-state index in [1.807, 2.05) is 7.05 Å². The SMILES string of the molecule is CC1CCN(c2nnnn2C)CC1. The van der Waals surface area contributed by atoms with Crippen molar-refractivity contribution < 1.29 is 0 Å². The summed E-state index contributed by atoms with van der Waals surface area (Å²) in [6.45, 7) is 4.46. The lowest BCUT2D eigenvalue weighted by Crippen LogP contribution is -2.34. The van der Waals surface area contributed by atoms with Crippen molar-refractivity contribution in [2.75, 3.05) is 18.0 Å². The van der Waals surface area contributed by atoms with Crippen molar-refractivity contribution >= 4 is 5.95 Å². The molecule has 72 valence electrons. The normalized spacial score (nSPS) is 19.4. The molecule has 2 rings (SSSR count). The van der Waals surface area contributed by atoms with Crippen molar-refractivity contribution in [3.05, 3.63) is 0 Å². The first-order valence-corrected chi connectivity index (χ1v) is 4.74. The zero-order chi connectivity index (χ0) is 9.26. The van der Waals surface area contributed by atoms with Crippen LogP contribution < -0.4 is 4.90 Å². The maximum Gasteiger partial charge on any atom is 0.245 e. The van der Waals surface area contributed by atoms with E-state index < -0.39 is 0 Å². The first-order valence-electron chi connectivity index (χ1n) is 4.74. The third-order valence-electron chi connectivity index (χ3n) is 2.66. The minimum absolute atomic E-state index is 0.845. The Balaban J connectivity index is 2.06. The number of piperidine rings is 1. The molecule has 1 aromatic rings. The molecule has 1 aromatic heterocycles. The van der Waals surface area contributed by atoms with Gasteiger partial charge in [-0.05, 0) is 29.2 Å². The van der Waals surface area contributed by atoms with Crippen molar-refractivity contribution in [2.45, 2.75) is 19.8 Å². The number of hydrogen-bond acceptors (Lipinski definition) is 4. The van der Waals surface area contributed by atoms with Crippen molar-refractivity contribution in [1.82, 2.24) is 20.2 Å². The summed E-state index contributed by atoms with van der Waals surface area (Å²) >= 11 is 0. The molecule has 0 bridgehead atoms. The predicted octanol–water partition coefficient (Wildman–Crippen LogP) is 0.446. The van der Waals surface area contributed by atoms with E-state index in [4.69, 9.17) is 0 Å². The number of hydrogen-bond donors (Lipinski definition) is 0. The monoisotopic (exact) mass is 181 g/mol. The highest BCUT2D eigenvalue weighted by atomic mass is 15.6. The average Bonchev–Trinajstić information content (AvgIpc) is 2.53. The fourth-order valence-electron chi connectivity index (χ4n) is 1.70. The van der Waals surface area contributed by atoms with Crippen LogP contribution in [-0.2, 0) is 7.05 Å². The van der Waals surface area contributed by atoms with E-state index in [0.29, 0.717) is 0 Å². The molecule has 0 aliphatic carbocycles. The van der Waals surface area contributed by atoms with Crippen LogP contribution in [-0.4, -0.2) is 33.3 Å². The third-order valence-corrected chi connectivity index (χ3v) is 2.66. The highest BCUT2D eigenvalue weighted by Crippen LogP contribution is 2.19. The van der Waals surface area contributed by atoms with Crippen molar-refractivity contribution in [2.24, 2.45) is 13.0 Å². The van der Waals surface area contributed by atoms with Gasteiger partial charge in [0.25, 0.3) is 0 Å². The molecule has 5 heteroatoms. The van der Waals surface area contributed by atoms with E-state index in [-0.39, 0.29) is 0 Å². The van der Waals surface area contributed by atoms with E-state index in [0.717, 1.165) is 25.0 Å². The van der Waals surface area contributed by atoms with Gasteiger partial charge < -0.3 is 4.90 Å². The summed E-state index contributed by atoms with van der Waals surface area (Å²) in [4.78, 5) is 2.25. The molecule has 0 unspecified atom stereocenters. The van der Waals surface area contributed by atoms with E-state index in [9.17, 15) is 0 Å². The van der Waals surface area contributed by atoms with Crippen LogP contribution in [0, 0.1) is 5.92 Å². The number of aryl methyl sites for hydroxylation is 1. The maximum absolute atomic E-state index is 3.99. The summed E-state index contributed by atoms with van der Waals surface area (Å²) in [6.07, 6.45) is 2.49. The molecule has 0 atom stereocenters. The molecule has 1 aliphatic rings. The second-order valence-corrected chi connectivity index (χ2v) is 3.77. The molecule has 0 spiro atoms. The molecule has 0 N–H and O–H groups in total. The van der Waals surface area contributed by atoms with Crippen LogP contribution in [0.3, 0.4) is 0 Å². The molecule has 0 aromatic carbocycles. The summed E-state index contributed by atoms with van der Waals surface area (Å²) in [5.41, 5.74) is 0. The molecule has 5 nitrogen and oxygen atoms in total. The van der Waals surface area contributed by atoms with Crippen molar-refractivity contribution in [1.29, 1.82) is 0 Å². The lowest BCUT2D eigenvalue weighted by molar-refractivity contribution is 0.431. The quantitative estimate of drug-likeness (QED) is 0.631. The van der Waals surface area contributed by atoms with Crippen LogP contribution in [0.2, 0.25) is 0 Å². The van der Waals surface area contributed by atoms with Gasteiger partial charge in [-0.1, -0.05) is 12.0 Å². The van der Waals surface area contributed by atoms with Gasteiger partial charge in [0.05, 0.1) is 0 Å². The Labute approximate surface area is 77.7 Å². The minimum atomic E-state index is 0.845. The number of rotatable bonds is 1. The Kier molecular flexibility index (Phi) is 2.16. The smallest absolute Gasteiger partial charge is 0.245 e. The standard InChI is InChI=1S/C8H15N5/c1-7-3-5-13(6-4-7)8-9-10-11-12(8)2/h7H,3-6H2,1-2H3. The van der Waals surface area contributed by atoms with Crippen molar-refractivity contribution in [3.63, 3.8) is 0 Å². The first kappa shape index (κ1) is 8.47. The second-order valence-electron chi connectivity index (χ2n) is 3.77. The molecular weight excluding hydrogens is 166 g/mol. The van der Waals surface area contributed by atoms with Gasteiger partial charge in [0.1, 0.15) is 0 Å². The first-order chi connectivity index (χ1) is 6.27. The Morgan fingerprint density at radius 1 is 1.31 bits per heavy atom. The van der Waals surface area contributed by atoms with Crippen LogP contribution in [0.15, 0.2) is 0 Å². The molecular formula is C8H15N5. The van der Waals surface area contributed by atoms with E-state index in [2.05, 4.69) is 27.3 Å². The molecule has 13 heavy (non-hydrogen) atoms.